The van der Waals surface area contributed by atoms with E-state index in [1.165, 1.54) is 0 Å². The van der Waals surface area contributed by atoms with Crippen molar-refractivity contribution >= 4 is 0 Å². The van der Waals surface area contributed by atoms with Crippen molar-refractivity contribution in [3.05, 3.63) is 24.8 Å². The van der Waals surface area contributed by atoms with Crippen LogP contribution < -0.4 is 0 Å². The zero-order valence-electron chi connectivity index (χ0n) is 3.52. The maximum Gasteiger partial charge on any atom is 0.0451 e. The predicted molar refractivity (Wildman–Crippen MR) is 22.0 cm³/mol. The van der Waals surface area contributed by atoms with Gasteiger partial charge in [0, 0.05) is 45.9 Å². The minimum Gasteiger partial charge on any atom is -0.262 e. The first-order valence-corrected chi connectivity index (χ1v) is 1.70. The van der Waals surface area contributed by atoms with Gasteiger partial charge in [0.05, 0.1) is 0 Å². The first kappa shape index (κ1) is 6.77. The van der Waals surface area contributed by atoms with E-state index in [-0.39, 0.29) is 21.1 Å². The normalized spacial score (nSPS) is 6.86. The number of hydrogen-bond donors (Lipinski definition) is 0. The maximum absolute atomic E-state index is 3.72. The van der Waals surface area contributed by atoms with Gasteiger partial charge in [-0.1, -0.05) is 0 Å². The van der Waals surface area contributed by atoms with Crippen molar-refractivity contribution in [1.82, 2.24) is 9.97 Å². The van der Waals surface area contributed by atoms with Gasteiger partial charge in [0.15, 0.2) is 0 Å². The Bertz CT molecular complexity index is 81.6. The quantitative estimate of drug-likeness (QED) is 0.688. The average molecular weight is 275 g/mol. The van der Waals surface area contributed by atoms with Crippen molar-refractivity contribution in [1.29, 1.82) is 0 Å². The SMILES string of the molecule is [Pt].c1cnccn1. The number of hydrogen-bond acceptors (Lipinski definition) is 2. The van der Waals surface area contributed by atoms with Crippen molar-refractivity contribution < 1.29 is 21.1 Å². The molecule has 0 atom stereocenters. The third kappa shape index (κ3) is 2.46. The molecular weight excluding hydrogens is 271 g/mol. The van der Waals surface area contributed by atoms with E-state index in [4.69, 9.17) is 0 Å². The Morgan fingerprint density at radius 2 is 1.00 bits per heavy atom. The molecule has 1 rings (SSSR count). The number of rotatable bonds is 0. The van der Waals surface area contributed by atoms with Crippen LogP contribution in [0.2, 0.25) is 0 Å². The van der Waals surface area contributed by atoms with E-state index in [0.29, 0.717) is 0 Å². The minimum absolute atomic E-state index is 0. The third-order valence-corrected chi connectivity index (χ3v) is 0.478. The van der Waals surface area contributed by atoms with Gasteiger partial charge >= 0.3 is 0 Å². The van der Waals surface area contributed by atoms with Gasteiger partial charge in [-0.2, -0.15) is 0 Å². The largest absolute Gasteiger partial charge is 0.262 e. The minimum atomic E-state index is 0. The standard InChI is InChI=1S/C4H4N2.Pt/c1-2-6-4-3-5-1;/h1-4H;. The molecule has 0 aliphatic heterocycles. The van der Waals surface area contributed by atoms with E-state index in [0.717, 1.165) is 0 Å². The van der Waals surface area contributed by atoms with Gasteiger partial charge in [-0.15, -0.1) is 0 Å². The van der Waals surface area contributed by atoms with Crippen molar-refractivity contribution in [2.45, 2.75) is 0 Å². The topological polar surface area (TPSA) is 25.8 Å². The van der Waals surface area contributed by atoms with Crippen LogP contribution in [0.5, 0.6) is 0 Å². The summed E-state index contributed by atoms with van der Waals surface area (Å²) in [5.41, 5.74) is 0. The van der Waals surface area contributed by atoms with Crippen LogP contribution in [-0.2, 0) is 21.1 Å². The Hall–Kier alpha value is -0.232. The first-order valence-electron chi connectivity index (χ1n) is 1.70. The zero-order chi connectivity index (χ0) is 4.24. The zero-order valence-corrected chi connectivity index (χ0v) is 5.79. The van der Waals surface area contributed by atoms with Crippen LogP contribution in [-0.4, -0.2) is 9.97 Å². The van der Waals surface area contributed by atoms with Crippen molar-refractivity contribution in [3.63, 3.8) is 0 Å². The number of aromatic nitrogens is 2. The van der Waals surface area contributed by atoms with Crippen molar-refractivity contribution in [2.24, 2.45) is 0 Å². The second kappa shape index (κ2) is 3.94. The second-order valence-corrected chi connectivity index (χ2v) is 0.894. The second-order valence-electron chi connectivity index (χ2n) is 0.894. The van der Waals surface area contributed by atoms with Gasteiger partial charge in [0.25, 0.3) is 0 Å². The Morgan fingerprint density at radius 3 is 1.14 bits per heavy atom. The van der Waals surface area contributed by atoms with Crippen LogP contribution in [0.15, 0.2) is 24.8 Å². The molecule has 1 aromatic heterocycles. The van der Waals surface area contributed by atoms with E-state index >= 15 is 0 Å². The molecule has 0 bridgehead atoms. The van der Waals surface area contributed by atoms with E-state index in [1.807, 2.05) is 0 Å². The summed E-state index contributed by atoms with van der Waals surface area (Å²) in [7, 11) is 0. The van der Waals surface area contributed by atoms with Crippen molar-refractivity contribution in [3.8, 4) is 0 Å². The van der Waals surface area contributed by atoms with Crippen molar-refractivity contribution in [2.75, 3.05) is 0 Å². The van der Waals surface area contributed by atoms with Crippen LogP contribution in [0.1, 0.15) is 0 Å². The molecule has 0 aliphatic rings. The van der Waals surface area contributed by atoms with Gasteiger partial charge in [0.1, 0.15) is 0 Å². The van der Waals surface area contributed by atoms with E-state index in [2.05, 4.69) is 9.97 Å². The molecule has 40 valence electrons. The molecule has 0 N–H and O–H groups in total. The molecule has 0 aromatic carbocycles. The van der Waals surface area contributed by atoms with Gasteiger partial charge in [-0.05, 0) is 0 Å². The molecule has 2 nitrogen and oxygen atoms in total. The molecule has 0 saturated carbocycles. The molecule has 0 aliphatic carbocycles. The van der Waals surface area contributed by atoms with Crippen LogP contribution in [0.4, 0.5) is 0 Å². The Balaban J connectivity index is 0.000000360. The summed E-state index contributed by atoms with van der Waals surface area (Å²) in [6, 6.07) is 0. The van der Waals surface area contributed by atoms with E-state index < -0.39 is 0 Å². The monoisotopic (exact) mass is 275 g/mol. The van der Waals surface area contributed by atoms with E-state index in [1.54, 1.807) is 24.8 Å². The summed E-state index contributed by atoms with van der Waals surface area (Å²) in [6.45, 7) is 0. The molecule has 1 heterocycles. The van der Waals surface area contributed by atoms with Gasteiger partial charge in [0.2, 0.25) is 0 Å². The fourth-order valence-corrected chi connectivity index (χ4v) is 0.253. The molecule has 0 fully saturated rings. The molecule has 0 saturated heterocycles. The van der Waals surface area contributed by atoms with Crippen LogP contribution in [0.3, 0.4) is 0 Å². The molecule has 1 aromatic rings. The molecular formula is C4H4N2Pt. The first-order chi connectivity index (χ1) is 3.00. The third-order valence-electron chi connectivity index (χ3n) is 0.478. The van der Waals surface area contributed by atoms with Crippen LogP contribution in [0, 0.1) is 0 Å². The average Bonchev–Trinajstić information content (AvgIpc) is 1.72. The fourth-order valence-electron chi connectivity index (χ4n) is 0.253. The molecule has 0 spiro atoms. The van der Waals surface area contributed by atoms with Gasteiger partial charge in [-0.3, -0.25) is 9.97 Å². The predicted octanol–water partition coefficient (Wildman–Crippen LogP) is 0.474. The smallest absolute Gasteiger partial charge is 0.0451 e. The van der Waals surface area contributed by atoms with Gasteiger partial charge < -0.3 is 0 Å². The van der Waals surface area contributed by atoms with Crippen LogP contribution >= 0.6 is 0 Å². The molecule has 0 radical (unpaired) electrons. The number of nitrogens with zero attached hydrogens (tertiary/aromatic N) is 2. The van der Waals surface area contributed by atoms with Crippen LogP contribution in [0.25, 0.3) is 0 Å². The fraction of sp³-hybridized carbons (Fsp3) is 0. The summed E-state index contributed by atoms with van der Waals surface area (Å²) in [5, 5.41) is 0. The molecule has 0 unspecified atom stereocenters. The van der Waals surface area contributed by atoms with E-state index in [9.17, 15) is 0 Å². The summed E-state index contributed by atoms with van der Waals surface area (Å²) in [4.78, 5) is 7.44. The summed E-state index contributed by atoms with van der Waals surface area (Å²) >= 11 is 0. The van der Waals surface area contributed by atoms with Gasteiger partial charge in [-0.25, -0.2) is 0 Å². The summed E-state index contributed by atoms with van der Waals surface area (Å²) in [5.74, 6) is 0. The summed E-state index contributed by atoms with van der Waals surface area (Å²) < 4.78 is 0. The Labute approximate surface area is 56.3 Å². The summed E-state index contributed by atoms with van der Waals surface area (Å²) in [6.07, 6.45) is 6.56. The molecule has 7 heavy (non-hydrogen) atoms. The Morgan fingerprint density at radius 1 is 0.714 bits per heavy atom. The maximum atomic E-state index is 3.72. The Kier molecular flexibility index (Phi) is 3.81. The molecule has 0 amide bonds. The molecule has 3 heteroatoms.